The third kappa shape index (κ3) is 1.92. The average molecular weight is 212 g/mol. The molecule has 0 atom stereocenters. The fourth-order valence-corrected chi connectivity index (χ4v) is 1.71. The van der Waals surface area contributed by atoms with Crippen molar-refractivity contribution < 1.29 is 5.21 Å². The molecule has 0 amide bonds. The molecule has 0 saturated heterocycles. The van der Waals surface area contributed by atoms with Crippen LogP contribution in [0.4, 0.5) is 11.4 Å². The lowest BCUT2D eigenvalue weighted by Gasteiger charge is -2.18. The summed E-state index contributed by atoms with van der Waals surface area (Å²) in [6.45, 7) is 3.89. The first kappa shape index (κ1) is 10.7. The SMILES string of the molecule is Cc1ccccc1N([O])c1ccccc1C. The summed E-state index contributed by atoms with van der Waals surface area (Å²) in [6.07, 6.45) is 0. The number of hydrogen-bond donors (Lipinski definition) is 0. The molecule has 0 bridgehead atoms. The van der Waals surface area contributed by atoms with Crippen LogP contribution in [0, 0.1) is 13.8 Å². The molecule has 2 rings (SSSR count). The zero-order chi connectivity index (χ0) is 11.5. The van der Waals surface area contributed by atoms with Gasteiger partial charge in [-0.2, -0.15) is 5.06 Å². The second-order valence-electron chi connectivity index (χ2n) is 3.87. The molecule has 81 valence electrons. The molecule has 0 heterocycles. The third-order valence-corrected chi connectivity index (χ3v) is 2.67. The molecule has 0 aliphatic carbocycles. The Morgan fingerprint density at radius 2 is 1.12 bits per heavy atom. The molecule has 0 aromatic heterocycles. The van der Waals surface area contributed by atoms with Crippen molar-refractivity contribution in [1.82, 2.24) is 0 Å². The Morgan fingerprint density at radius 1 is 0.750 bits per heavy atom. The fraction of sp³-hybridized carbons (Fsp3) is 0.143. The predicted octanol–water partition coefficient (Wildman–Crippen LogP) is 3.79. The topological polar surface area (TPSA) is 23.1 Å². The Balaban J connectivity index is 2.44. The highest BCUT2D eigenvalue weighted by Crippen LogP contribution is 2.28. The van der Waals surface area contributed by atoms with Gasteiger partial charge < -0.3 is 0 Å². The molecule has 2 aromatic carbocycles. The van der Waals surface area contributed by atoms with Crippen LogP contribution in [0.2, 0.25) is 0 Å². The summed E-state index contributed by atoms with van der Waals surface area (Å²) < 4.78 is 0. The Morgan fingerprint density at radius 3 is 1.50 bits per heavy atom. The minimum Gasteiger partial charge on any atom is -0.188 e. The lowest BCUT2D eigenvalue weighted by molar-refractivity contribution is 0.195. The van der Waals surface area contributed by atoms with Crippen LogP contribution in [-0.2, 0) is 5.21 Å². The van der Waals surface area contributed by atoms with Gasteiger partial charge in [-0.1, -0.05) is 41.6 Å². The molecule has 0 aliphatic rings. The number of anilines is 2. The van der Waals surface area contributed by atoms with Gasteiger partial charge in [-0.15, -0.1) is 0 Å². The molecule has 0 spiro atoms. The molecule has 0 fully saturated rings. The number of nitrogens with zero attached hydrogens (tertiary/aromatic N) is 1. The summed E-state index contributed by atoms with van der Waals surface area (Å²) in [5.74, 6) is 0. The van der Waals surface area contributed by atoms with Gasteiger partial charge in [0.1, 0.15) is 0 Å². The van der Waals surface area contributed by atoms with Crippen LogP contribution in [0.3, 0.4) is 0 Å². The maximum absolute atomic E-state index is 12.2. The van der Waals surface area contributed by atoms with Gasteiger partial charge in [-0.3, -0.25) is 0 Å². The molecule has 0 aliphatic heterocycles. The van der Waals surface area contributed by atoms with Crippen molar-refractivity contribution in [3.63, 3.8) is 0 Å². The molecular formula is C14H14NO. The zero-order valence-corrected chi connectivity index (χ0v) is 9.47. The maximum atomic E-state index is 12.2. The van der Waals surface area contributed by atoms with E-state index in [0.29, 0.717) is 11.4 Å². The van der Waals surface area contributed by atoms with E-state index in [1.807, 2.05) is 62.4 Å². The zero-order valence-electron chi connectivity index (χ0n) is 9.47. The Kier molecular flexibility index (Phi) is 2.93. The number of rotatable bonds is 2. The molecule has 2 nitrogen and oxygen atoms in total. The average Bonchev–Trinajstić information content (AvgIpc) is 2.29. The van der Waals surface area contributed by atoms with Crippen molar-refractivity contribution in [1.29, 1.82) is 0 Å². The van der Waals surface area contributed by atoms with E-state index >= 15 is 0 Å². The highest BCUT2D eigenvalue weighted by molar-refractivity contribution is 5.65. The quantitative estimate of drug-likeness (QED) is 0.694. The first-order chi connectivity index (χ1) is 7.70. The standard InChI is InChI=1S/C14H14NO/c1-11-7-3-5-9-13(11)15(16)14-10-6-4-8-12(14)2/h3-10H,1-2H3. The summed E-state index contributed by atoms with van der Waals surface area (Å²) in [6, 6.07) is 15.2. The van der Waals surface area contributed by atoms with Crippen molar-refractivity contribution in [2.45, 2.75) is 13.8 Å². The first-order valence-corrected chi connectivity index (χ1v) is 5.28. The highest BCUT2D eigenvalue weighted by atomic mass is 16.5. The van der Waals surface area contributed by atoms with E-state index in [4.69, 9.17) is 0 Å². The number of aryl methyl sites for hydroxylation is 2. The van der Waals surface area contributed by atoms with Crippen molar-refractivity contribution >= 4 is 11.4 Å². The van der Waals surface area contributed by atoms with Crippen LogP contribution < -0.4 is 5.06 Å². The normalized spacial score (nSPS) is 10.2. The van der Waals surface area contributed by atoms with E-state index in [9.17, 15) is 5.21 Å². The van der Waals surface area contributed by atoms with Crippen LogP contribution in [0.5, 0.6) is 0 Å². The van der Waals surface area contributed by atoms with Gasteiger partial charge in [-0.25, -0.2) is 0 Å². The van der Waals surface area contributed by atoms with E-state index < -0.39 is 0 Å². The minimum absolute atomic E-state index is 0.705. The van der Waals surface area contributed by atoms with Gasteiger partial charge >= 0.3 is 0 Å². The van der Waals surface area contributed by atoms with Crippen LogP contribution in [0.25, 0.3) is 0 Å². The van der Waals surface area contributed by atoms with Gasteiger partial charge in [0.05, 0.1) is 11.4 Å². The minimum atomic E-state index is 0.705. The molecular weight excluding hydrogens is 198 g/mol. The van der Waals surface area contributed by atoms with E-state index in [-0.39, 0.29) is 0 Å². The second-order valence-corrected chi connectivity index (χ2v) is 3.87. The van der Waals surface area contributed by atoms with E-state index in [1.54, 1.807) is 0 Å². The molecule has 1 radical (unpaired) electrons. The van der Waals surface area contributed by atoms with E-state index in [1.165, 1.54) is 0 Å². The van der Waals surface area contributed by atoms with Crippen molar-refractivity contribution in [2.75, 3.05) is 5.06 Å². The molecule has 16 heavy (non-hydrogen) atoms. The van der Waals surface area contributed by atoms with Gasteiger partial charge in [-0.05, 0) is 37.1 Å². The summed E-state index contributed by atoms with van der Waals surface area (Å²) in [5.41, 5.74) is 3.38. The van der Waals surface area contributed by atoms with Crippen LogP contribution in [0.15, 0.2) is 48.5 Å². The fourth-order valence-electron chi connectivity index (χ4n) is 1.71. The molecule has 0 N–H and O–H groups in total. The Hall–Kier alpha value is -1.80. The third-order valence-electron chi connectivity index (χ3n) is 2.67. The van der Waals surface area contributed by atoms with E-state index in [0.717, 1.165) is 16.2 Å². The molecule has 0 unspecified atom stereocenters. The number of benzene rings is 2. The predicted molar refractivity (Wildman–Crippen MR) is 65.2 cm³/mol. The lowest BCUT2D eigenvalue weighted by Crippen LogP contribution is -2.10. The van der Waals surface area contributed by atoms with Gasteiger partial charge in [0.25, 0.3) is 0 Å². The number of para-hydroxylation sites is 2. The summed E-state index contributed by atoms with van der Waals surface area (Å²) >= 11 is 0. The highest BCUT2D eigenvalue weighted by Gasteiger charge is 2.11. The summed E-state index contributed by atoms with van der Waals surface area (Å²) in [7, 11) is 0. The largest absolute Gasteiger partial charge is 0.188 e. The summed E-state index contributed by atoms with van der Waals surface area (Å²) in [5, 5.41) is 13.2. The van der Waals surface area contributed by atoms with Crippen LogP contribution in [-0.4, -0.2) is 0 Å². The van der Waals surface area contributed by atoms with Gasteiger partial charge in [0.15, 0.2) is 0 Å². The van der Waals surface area contributed by atoms with E-state index in [2.05, 4.69) is 0 Å². The molecule has 0 saturated carbocycles. The molecule has 2 heteroatoms. The van der Waals surface area contributed by atoms with Crippen molar-refractivity contribution in [3.05, 3.63) is 59.7 Å². The van der Waals surface area contributed by atoms with Crippen molar-refractivity contribution in [3.8, 4) is 0 Å². The van der Waals surface area contributed by atoms with Crippen LogP contribution in [0.1, 0.15) is 11.1 Å². The van der Waals surface area contributed by atoms with Crippen molar-refractivity contribution in [2.24, 2.45) is 0 Å². The smallest absolute Gasteiger partial charge is 0.0756 e. The van der Waals surface area contributed by atoms with Crippen LogP contribution >= 0.6 is 0 Å². The Labute approximate surface area is 95.7 Å². The van der Waals surface area contributed by atoms with Gasteiger partial charge in [0, 0.05) is 0 Å². The Bertz CT molecular complexity index is 448. The first-order valence-electron chi connectivity index (χ1n) is 5.28. The summed E-state index contributed by atoms with van der Waals surface area (Å²) in [4.78, 5) is 0. The molecule has 2 aromatic rings. The lowest BCUT2D eigenvalue weighted by atomic mass is 10.1. The number of hydrogen-bond acceptors (Lipinski definition) is 1. The van der Waals surface area contributed by atoms with Gasteiger partial charge in [0.2, 0.25) is 0 Å². The maximum Gasteiger partial charge on any atom is 0.0756 e. The second kappa shape index (κ2) is 4.37. The monoisotopic (exact) mass is 212 g/mol.